The largest absolute Gasteiger partial charge is 0.310 e. The molecule has 2 aromatic rings. The highest BCUT2D eigenvalue weighted by Gasteiger charge is 2.30. The number of anilines is 1. The molecule has 1 atom stereocenters. The zero-order valence-corrected chi connectivity index (χ0v) is 13.5. The standard InChI is InChI=1S/C16H12ClN3O2S/c1-2-7-23-16-19-14-13(15(22)20-16)11(8-12(21)18-14)9-3-5-10(17)6-4-9/h1,3-6,11H,7-8H2,(H2,18,19,20,21,22)/t11-/m1/s1. The van der Waals surface area contributed by atoms with Gasteiger partial charge >= 0.3 is 0 Å². The van der Waals surface area contributed by atoms with Crippen LogP contribution in [-0.4, -0.2) is 21.6 Å². The van der Waals surface area contributed by atoms with Crippen molar-refractivity contribution >= 4 is 35.1 Å². The second kappa shape index (κ2) is 6.49. The average molecular weight is 346 g/mol. The average Bonchev–Trinajstić information content (AvgIpc) is 2.52. The molecule has 1 aliphatic rings. The van der Waals surface area contributed by atoms with Crippen molar-refractivity contribution in [2.24, 2.45) is 0 Å². The summed E-state index contributed by atoms with van der Waals surface area (Å²) < 4.78 is 0. The van der Waals surface area contributed by atoms with Gasteiger partial charge in [-0.3, -0.25) is 9.59 Å². The Labute approximate surface area is 141 Å². The van der Waals surface area contributed by atoms with Gasteiger partial charge < -0.3 is 10.3 Å². The zero-order valence-electron chi connectivity index (χ0n) is 11.9. The molecular formula is C16H12ClN3O2S. The Morgan fingerprint density at radius 2 is 2.09 bits per heavy atom. The lowest BCUT2D eigenvalue weighted by Crippen LogP contribution is -2.31. The topological polar surface area (TPSA) is 74.8 Å². The zero-order chi connectivity index (χ0) is 16.4. The number of benzene rings is 1. The number of nitrogens with one attached hydrogen (secondary N) is 2. The van der Waals surface area contributed by atoms with Crippen LogP contribution in [0.25, 0.3) is 0 Å². The van der Waals surface area contributed by atoms with E-state index in [1.165, 1.54) is 11.8 Å². The number of nitrogens with zero attached hydrogens (tertiary/aromatic N) is 1. The first-order valence-electron chi connectivity index (χ1n) is 6.84. The van der Waals surface area contributed by atoms with E-state index in [9.17, 15) is 9.59 Å². The van der Waals surface area contributed by atoms with E-state index in [0.29, 0.717) is 27.3 Å². The van der Waals surface area contributed by atoms with Gasteiger partial charge in [-0.05, 0) is 17.7 Å². The van der Waals surface area contributed by atoms with Crippen LogP contribution >= 0.6 is 23.4 Å². The van der Waals surface area contributed by atoms with Crippen LogP contribution in [0.5, 0.6) is 0 Å². The lowest BCUT2D eigenvalue weighted by molar-refractivity contribution is -0.116. The number of hydrogen-bond acceptors (Lipinski definition) is 4. The van der Waals surface area contributed by atoms with Crippen LogP contribution in [0.1, 0.15) is 23.5 Å². The van der Waals surface area contributed by atoms with E-state index in [4.69, 9.17) is 18.0 Å². The lowest BCUT2D eigenvalue weighted by Gasteiger charge is -2.24. The normalized spacial score (nSPS) is 16.3. The fourth-order valence-corrected chi connectivity index (χ4v) is 3.18. The monoisotopic (exact) mass is 345 g/mol. The van der Waals surface area contributed by atoms with E-state index >= 15 is 0 Å². The number of H-pyrrole nitrogens is 1. The van der Waals surface area contributed by atoms with Gasteiger partial charge in [-0.1, -0.05) is 41.4 Å². The summed E-state index contributed by atoms with van der Waals surface area (Å²) in [6.45, 7) is 0. The smallest absolute Gasteiger partial charge is 0.257 e. The summed E-state index contributed by atoms with van der Waals surface area (Å²) in [6, 6.07) is 7.11. The summed E-state index contributed by atoms with van der Waals surface area (Å²) in [7, 11) is 0. The van der Waals surface area contributed by atoms with Crippen LogP contribution in [0.4, 0.5) is 5.82 Å². The Balaban J connectivity index is 2.07. The molecule has 0 spiro atoms. The number of amides is 1. The highest BCUT2D eigenvalue weighted by atomic mass is 35.5. The first-order chi connectivity index (χ1) is 11.1. The van der Waals surface area contributed by atoms with Crippen LogP contribution in [0.2, 0.25) is 5.02 Å². The molecule has 2 heterocycles. The summed E-state index contributed by atoms with van der Waals surface area (Å²) in [5.74, 6) is 2.62. The van der Waals surface area contributed by atoms with Crippen molar-refractivity contribution in [1.29, 1.82) is 0 Å². The number of carbonyl (C=O) groups excluding carboxylic acids is 1. The minimum atomic E-state index is -0.348. The molecule has 3 rings (SSSR count). The van der Waals surface area contributed by atoms with E-state index in [1.54, 1.807) is 12.1 Å². The number of carbonyl (C=O) groups is 1. The molecule has 0 saturated carbocycles. The molecule has 0 bridgehead atoms. The highest BCUT2D eigenvalue weighted by molar-refractivity contribution is 7.99. The molecule has 0 aliphatic carbocycles. The summed E-state index contributed by atoms with van der Waals surface area (Å²) in [5, 5.41) is 3.66. The van der Waals surface area contributed by atoms with Crippen molar-refractivity contribution in [3.63, 3.8) is 0 Å². The SMILES string of the molecule is C#CCSc1nc2c(c(=O)[nH]1)[C@@H](c1ccc(Cl)cc1)CC(=O)N2. The first-order valence-corrected chi connectivity index (χ1v) is 8.20. The minimum Gasteiger partial charge on any atom is -0.310 e. The van der Waals surface area contributed by atoms with Gasteiger partial charge in [0.1, 0.15) is 5.82 Å². The van der Waals surface area contributed by atoms with Gasteiger partial charge in [0, 0.05) is 17.4 Å². The quantitative estimate of drug-likeness (QED) is 0.509. The third kappa shape index (κ3) is 3.26. The van der Waals surface area contributed by atoms with Crippen LogP contribution in [-0.2, 0) is 4.79 Å². The molecule has 2 N–H and O–H groups in total. The van der Waals surface area contributed by atoms with E-state index in [-0.39, 0.29) is 23.8 Å². The molecule has 7 heteroatoms. The van der Waals surface area contributed by atoms with E-state index < -0.39 is 0 Å². The van der Waals surface area contributed by atoms with E-state index in [2.05, 4.69) is 21.2 Å². The minimum absolute atomic E-state index is 0.177. The molecule has 1 aromatic heterocycles. The molecule has 23 heavy (non-hydrogen) atoms. The van der Waals surface area contributed by atoms with Gasteiger partial charge in [0.25, 0.3) is 5.56 Å². The number of aromatic nitrogens is 2. The number of terminal acetylenes is 1. The molecule has 1 aromatic carbocycles. The third-order valence-electron chi connectivity index (χ3n) is 3.49. The highest BCUT2D eigenvalue weighted by Crippen LogP contribution is 2.34. The van der Waals surface area contributed by atoms with Gasteiger partial charge in [0.15, 0.2) is 5.16 Å². The van der Waals surface area contributed by atoms with Crippen LogP contribution in [0, 0.1) is 12.3 Å². The number of aromatic amines is 1. The predicted molar refractivity (Wildman–Crippen MR) is 91.0 cm³/mol. The van der Waals surface area contributed by atoms with Crippen LogP contribution in [0.15, 0.2) is 34.2 Å². The third-order valence-corrected chi connectivity index (χ3v) is 4.52. The van der Waals surface area contributed by atoms with Gasteiger partial charge in [-0.15, -0.1) is 6.42 Å². The number of rotatable bonds is 3. The Bertz CT molecular complexity index is 855. The van der Waals surface area contributed by atoms with E-state index in [0.717, 1.165) is 5.56 Å². The maximum atomic E-state index is 12.5. The number of fused-ring (bicyclic) bond motifs is 1. The fourth-order valence-electron chi connectivity index (χ4n) is 2.51. The van der Waals surface area contributed by atoms with Crippen molar-refractivity contribution in [2.75, 3.05) is 11.1 Å². The predicted octanol–water partition coefficient (Wildman–Crippen LogP) is 2.62. The molecule has 0 saturated heterocycles. The van der Waals surface area contributed by atoms with Crippen molar-refractivity contribution in [3.05, 3.63) is 50.8 Å². The second-order valence-corrected chi connectivity index (χ2v) is 6.38. The Morgan fingerprint density at radius 1 is 1.35 bits per heavy atom. The summed E-state index contributed by atoms with van der Waals surface area (Å²) in [4.78, 5) is 31.5. The van der Waals surface area contributed by atoms with Crippen molar-refractivity contribution in [1.82, 2.24) is 9.97 Å². The van der Waals surface area contributed by atoms with Crippen LogP contribution in [0.3, 0.4) is 0 Å². The van der Waals surface area contributed by atoms with Gasteiger partial charge in [-0.25, -0.2) is 4.98 Å². The fraction of sp³-hybridized carbons (Fsp3) is 0.188. The molecule has 0 unspecified atom stereocenters. The second-order valence-electron chi connectivity index (χ2n) is 4.98. The van der Waals surface area contributed by atoms with Gasteiger partial charge in [0.05, 0.1) is 11.3 Å². The van der Waals surface area contributed by atoms with E-state index in [1.807, 2.05) is 12.1 Å². The number of thioether (sulfide) groups is 1. The molecule has 116 valence electrons. The Morgan fingerprint density at radius 3 is 2.78 bits per heavy atom. The van der Waals surface area contributed by atoms with Crippen molar-refractivity contribution in [3.8, 4) is 12.3 Å². The summed E-state index contributed by atoms with van der Waals surface area (Å²) >= 11 is 7.14. The lowest BCUT2D eigenvalue weighted by atomic mass is 9.87. The summed E-state index contributed by atoms with van der Waals surface area (Å²) in [5.41, 5.74) is 1.04. The molecule has 0 fully saturated rings. The Hall–Kier alpha value is -2.23. The maximum absolute atomic E-state index is 12.5. The van der Waals surface area contributed by atoms with Crippen molar-refractivity contribution < 1.29 is 4.79 Å². The number of hydrogen-bond donors (Lipinski definition) is 2. The molecule has 1 aliphatic heterocycles. The molecule has 5 nitrogen and oxygen atoms in total. The molecular weight excluding hydrogens is 334 g/mol. The molecule has 1 amide bonds. The number of halogens is 1. The van der Waals surface area contributed by atoms with Gasteiger partial charge in [-0.2, -0.15) is 0 Å². The Kier molecular flexibility index (Phi) is 4.42. The molecule has 0 radical (unpaired) electrons. The van der Waals surface area contributed by atoms with Crippen molar-refractivity contribution in [2.45, 2.75) is 17.5 Å². The van der Waals surface area contributed by atoms with Crippen LogP contribution < -0.4 is 10.9 Å². The first kappa shape index (κ1) is 15.7. The maximum Gasteiger partial charge on any atom is 0.257 e. The summed E-state index contributed by atoms with van der Waals surface area (Å²) in [6.07, 6.45) is 5.40. The van der Waals surface area contributed by atoms with Gasteiger partial charge in [0.2, 0.25) is 5.91 Å².